The minimum absolute atomic E-state index is 0.262. The summed E-state index contributed by atoms with van der Waals surface area (Å²) in [6, 6.07) is 20.3. The van der Waals surface area contributed by atoms with Crippen molar-refractivity contribution in [2.75, 3.05) is 11.4 Å². The van der Waals surface area contributed by atoms with Crippen molar-refractivity contribution in [1.29, 1.82) is 0 Å². The Morgan fingerprint density at radius 3 is 2.23 bits per heavy atom. The van der Waals surface area contributed by atoms with Crippen molar-refractivity contribution in [2.24, 2.45) is 5.92 Å². The summed E-state index contributed by atoms with van der Waals surface area (Å²) >= 11 is 0. The summed E-state index contributed by atoms with van der Waals surface area (Å²) < 4.78 is 13.1. The topological polar surface area (TPSA) is 20.3 Å². The highest BCUT2D eigenvalue weighted by Crippen LogP contribution is 2.31. The zero-order chi connectivity index (χ0) is 24.6. The van der Waals surface area contributed by atoms with Crippen molar-refractivity contribution in [2.45, 2.75) is 45.4 Å². The summed E-state index contributed by atoms with van der Waals surface area (Å²) in [6.45, 7) is 7.30. The van der Waals surface area contributed by atoms with Crippen LogP contribution in [0.1, 0.15) is 71.1 Å². The first-order valence-corrected chi connectivity index (χ1v) is 12.4. The lowest BCUT2D eigenvalue weighted by Gasteiger charge is -2.28. The second-order valence-electron chi connectivity index (χ2n) is 9.38. The smallest absolute Gasteiger partial charge is 0.150 e. The molecule has 0 N–H and O–H groups in total. The second kappa shape index (κ2) is 11.7. The molecule has 1 fully saturated rings. The molecule has 0 aliphatic heterocycles. The van der Waals surface area contributed by atoms with Crippen LogP contribution >= 0.6 is 0 Å². The van der Waals surface area contributed by atoms with Gasteiger partial charge in [0, 0.05) is 34.6 Å². The van der Waals surface area contributed by atoms with Crippen LogP contribution in [-0.2, 0) is 0 Å². The predicted molar refractivity (Wildman–Crippen MR) is 143 cm³/mol. The quantitative estimate of drug-likeness (QED) is 0.250. The molecule has 0 atom stereocenters. The van der Waals surface area contributed by atoms with Gasteiger partial charge in [-0.2, -0.15) is 0 Å². The maximum Gasteiger partial charge on any atom is 0.150 e. The molecule has 3 aromatic carbocycles. The van der Waals surface area contributed by atoms with Crippen molar-refractivity contribution >= 4 is 17.7 Å². The third kappa shape index (κ3) is 6.49. The van der Waals surface area contributed by atoms with Gasteiger partial charge in [0.1, 0.15) is 12.1 Å². The zero-order valence-corrected chi connectivity index (χ0v) is 20.4. The number of carbonyl (C=O) groups excluding carboxylic acids is 1. The van der Waals surface area contributed by atoms with Gasteiger partial charge in [0.25, 0.3) is 0 Å². The number of anilines is 1. The van der Waals surface area contributed by atoms with Crippen LogP contribution in [0.3, 0.4) is 0 Å². The van der Waals surface area contributed by atoms with Crippen molar-refractivity contribution in [3.05, 3.63) is 107 Å². The number of carbonyl (C=O) groups is 1. The first kappa shape index (κ1) is 24.5. The number of aryl methyl sites for hydroxylation is 1. The molecule has 0 saturated heterocycles. The van der Waals surface area contributed by atoms with E-state index in [2.05, 4.69) is 29.4 Å². The first-order chi connectivity index (χ1) is 17.0. The normalized spacial score (nSPS) is 13.2. The molecule has 1 aliphatic carbocycles. The fraction of sp³-hybridized carbons (Fsp3) is 0.281. The Hall–Kier alpha value is -3.64. The van der Waals surface area contributed by atoms with Crippen LogP contribution in [0.25, 0.3) is 5.70 Å². The number of rotatable bonds is 8. The Kier molecular flexibility index (Phi) is 8.16. The molecule has 0 aromatic heterocycles. The fourth-order valence-corrected chi connectivity index (χ4v) is 4.80. The summed E-state index contributed by atoms with van der Waals surface area (Å²) in [5, 5.41) is 0. The standard InChI is InChI=1S/C32H32FNO/c1-24-22-32(20-17-30(24)23-35)34(21-5-8-26-6-3-4-7-26)25(2)29-15-11-27(12-16-29)9-10-28-13-18-31(33)19-14-28/h11-20,22-23,26H,2-8,21H2,1H3. The van der Waals surface area contributed by atoms with Gasteiger partial charge in [-0.15, -0.1) is 0 Å². The van der Waals surface area contributed by atoms with Crippen molar-refractivity contribution in [3.63, 3.8) is 0 Å². The van der Waals surface area contributed by atoms with Crippen LogP contribution < -0.4 is 4.90 Å². The molecule has 3 heteroatoms. The fourth-order valence-electron chi connectivity index (χ4n) is 4.80. The molecule has 2 nitrogen and oxygen atoms in total. The molecule has 178 valence electrons. The highest BCUT2D eigenvalue weighted by atomic mass is 19.1. The number of nitrogens with zero attached hydrogens (tertiary/aromatic N) is 1. The molecule has 0 amide bonds. The summed E-state index contributed by atoms with van der Waals surface area (Å²) in [5.74, 6) is 6.81. The van der Waals surface area contributed by atoms with E-state index in [-0.39, 0.29) is 5.82 Å². The van der Waals surface area contributed by atoms with E-state index in [1.807, 2.05) is 43.3 Å². The Bertz CT molecular complexity index is 1230. The predicted octanol–water partition coefficient (Wildman–Crippen LogP) is 7.79. The lowest BCUT2D eigenvalue weighted by atomic mass is 10.0. The van der Waals surface area contributed by atoms with E-state index in [0.29, 0.717) is 5.56 Å². The Morgan fingerprint density at radius 1 is 1.00 bits per heavy atom. The van der Waals surface area contributed by atoms with Crippen LogP contribution in [0, 0.1) is 30.5 Å². The molecule has 0 unspecified atom stereocenters. The van der Waals surface area contributed by atoms with Crippen LogP contribution in [0.15, 0.2) is 73.3 Å². The van der Waals surface area contributed by atoms with E-state index in [4.69, 9.17) is 0 Å². The van der Waals surface area contributed by atoms with Gasteiger partial charge in [-0.25, -0.2) is 4.39 Å². The van der Waals surface area contributed by atoms with E-state index in [1.165, 1.54) is 44.2 Å². The number of aldehydes is 1. The molecule has 0 heterocycles. The van der Waals surface area contributed by atoms with Gasteiger partial charge in [-0.1, -0.05) is 56.2 Å². The van der Waals surface area contributed by atoms with E-state index in [0.717, 1.165) is 58.8 Å². The lowest BCUT2D eigenvalue weighted by Crippen LogP contribution is -2.23. The SMILES string of the molecule is C=C(c1ccc(C#Cc2ccc(F)cc2)cc1)N(CCCC1CCCC1)c1ccc(C=O)c(C)c1. The zero-order valence-electron chi connectivity index (χ0n) is 20.4. The lowest BCUT2D eigenvalue weighted by molar-refractivity contribution is 0.112. The highest BCUT2D eigenvalue weighted by molar-refractivity contribution is 5.82. The summed E-state index contributed by atoms with van der Waals surface area (Å²) in [7, 11) is 0. The Morgan fingerprint density at radius 2 is 1.63 bits per heavy atom. The van der Waals surface area contributed by atoms with Gasteiger partial charge in [0.2, 0.25) is 0 Å². The molecule has 1 saturated carbocycles. The number of hydrogen-bond donors (Lipinski definition) is 0. The Labute approximate surface area is 208 Å². The molecule has 3 aromatic rings. The minimum atomic E-state index is -0.262. The second-order valence-corrected chi connectivity index (χ2v) is 9.38. The molecular formula is C32H32FNO. The minimum Gasteiger partial charge on any atom is -0.341 e. The van der Waals surface area contributed by atoms with E-state index >= 15 is 0 Å². The summed E-state index contributed by atoms with van der Waals surface area (Å²) in [6.07, 6.45) is 8.70. The largest absolute Gasteiger partial charge is 0.341 e. The van der Waals surface area contributed by atoms with Crippen molar-refractivity contribution in [1.82, 2.24) is 0 Å². The number of benzene rings is 3. The maximum absolute atomic E-state index is 13.1. The van der Waals surface area contributed by atoms with Crippen LogP contribution in [0.4, 0.5) is 10.1 Å². The third-order valence-electron chi connectivity index (χ3n) is 6.90. The van der Waals surface area contributed by atoms with Gasteiger partial charge in [0.05, 0.1) is 0 Å². The highest BCUT2D eigenvalue weighted by Gasteiger charge is 2.17. The molecule has 0 bridgehead atoms. The van der Waals surface area contributed by atoms with Crippen LogP contribution in [-0.4, -0.2) is 12.8 Å². The molecule has 0 spiro atoms. The van der Waals surface area contributed by atoms with Crippen molar-refractivity contribution < 1.29 is 9.18 Å². The summed E-state index contributed by atoms with van der Waals surface area (Å²) in [5.41, 5.74) is 6.40. The average molecular weight is 466 g/mol. The van der Waals surface area contributed by atoms with E-state index in [1.54, 1.807) is 12.1 Å². The number of halogens is 1. The molecule has 0 radical (unpaired) electrons. The maximum atomic E-state index is 13.1. The van der Waals surface area contributed by atoms with Gasteiger partial charge in [-0.3, -0.25) is 4.79 Å². The van der Waals surface area contributed by atoms with Crippen LogP contribution in [0.5, 0.6) is 0 Å². The van der Waals surface area contributed by atoms with Gasteiger partial charge in [0.15, 0.2) is 0 Å². The molecular weight excluding hydrogens is 433 g/mol. The molecule has 4 rings (SSSR count). The number of hydrogen-bond acceptors (Lipinski definition) is 2. The molecule has 1 aliphatic rings. The van der Waals surface area contributed by atoms with Crippen molar-refractivity contribution in [3.8, 4) is 11.8 Å². The first-order valence-electron chi connectivity index (χ1n) is 12.4. The summed E-state index contributed by atoms with van der Waals surface area (Å²) in [4.78, 5) is 13.6. The van der Waals surface area contributed by atoms with Gasteiger partial charge < -0.3 is 4.90 Å². The molecule has 35 heavy (non-hydrogen) atoms. The monoisotopic (exact) mass is 465 g/mol. The van der Waals surface area contributed by atoms with Crippen LogP contribution in [0.2, 0.25) is 0 Å². The Balaban J connectivity index is 1.51. The van der Waals surface area contributed by atoms with Gasteiger partial charge in [-0.05, 0) is 91.4 Å². The van der Waals surface area contributed by atoms with E-state index < -0.39 is 0 Å². The van der Waals surface area contributed by atoms with Gasteiger partial charge >= 0.3 is 0 Å². The van der Waals surface area contributed by atoms with E-state index in [9.17, 15) is 9.18 Å². The third-order valence-corrected chi connectivity index (χ3v) is 6.90. The average Bonchev–Trinajstić information content (AvgIpc) is 3.40.